The highest BCUT2D eigenvalue weighted by molar-refractivity contribution is 6.00. The molecule has 2 atom stereocenters. The Balaban J connectivity index is 1.64. The molecular formula is C21H24N2O3. The molecule has 1 aliphatic heterocycles. The van der Waals surface area contributed by atoms with Crippen LogP contribution in [0.4, 0.5) is 5.69 Å². The van der Waals surface area contributed by atoms with E-state index in [0.717, 1.165) is 11.3 Å². The number of nitrogens with zero attached hydrogens (tertiary/aromatic N) is 1. The molecule has 2 unspecified atom stereocenters. The molecule has 2 aromatic rings. The topological polar surface area (TPSA) is 58.6 Å². The van der Waals surface area contributed by atoms with Gasteiger partial charge in [0.15, 0.2) is 6.10 Å². The summed E-state index contributed by atoms with van der Waals surface area (Å²) >= 11 is 0. The predicted molar refractivity (Wildman–Crippen MR) is 101 cm³/mol. The number of rotatable bonds is 6. The Labute approximate surface area is 154 Å². The molecule has 2 amide bonds. The van der Waals surface area contributed by atoms with Gasteiger partial charge in [0, 0.05) is 13.0 Å². The summed E-state index contributed by atoms with van der Waals surface area (Å²) in [5, 5.41) is 2.99. The van der Waals surface area contributed by atoms with Crippen molar-refractivity contribution >= 4 is 17.5 Å². The van der Waals surface area contributed by atoms with Crippen molar-refractivity contribution < 1.29 is 14.3 Å². The number of carbonyl (C=O) groups excluding carboxylic acids is 2. The first kappa shape index (κ1) is 18.0. The number of fused-ring (bicyclic) bond motifs is 1. The SMILES string of the molecule is CCC1Oc2ccccc2N(CCC(=O)NC(C)c2ccccc2)C1=O. The van der Waals surface area contributed by atoms with E-state index in [9.17, 15) is 9.59 Å². The smallest absolute Gasteiger partial charge is 0.268 e. The van der Waals surface area contributed by atoms with Crippen LogP contribution in [-0.4, -0.2) is 24.5 Å². The maximum Gasteiger partial charge on any atom is 0.268 e. The second-order valence-electron chi connectivity index (χ2n) is 6.42. The van der Waals surface area contributed by atoms with Crippen LogP contribution in [0.25, 0.3) is 0 Å². The van der Waals surface area contributed by atoms with Gasteiger partial charge in [-0.25, -0.2) is 0 Å². The number of hydrogen-bond acceptors (Lipinski definition) is 3. The quantitative estimate of drug-likeness (QED) is 0.866. The molecule has 0 spiro atoms. The number of nitrogens with one attached hydrogen (secondary N) is 1. The van der Waals surface area contributed by atoms with E-state index >= 15 is 0 Å². The van der Waals surface area contributed by atoms with Gasteiger partial charge in [-0.15, -0.1) is 0 Å². The van der Waals surface area contributed by atoms with Gasteiger partial charge in [0.2, 0.25) is 5.91 Å². The summed E-state index contributed by atoms with van der Waals surface area (Å²) in [4.78, 5) is 26.7. The Bertz CT molecular complexity index is 776. The van der Waals surface area contributed by atoms with Crippen LogP contribution in [-0.2, 0) is 9.59 Å². The normalized spacial score (nSPS) is 17.2. The van der Waals surface area contributed by atoms with Crippen LogP contribution < -0.4 is 15.0 Å². The molecule has 0 aliphatic carbocycles. The number of amides is 2. The zero-order valence-electron chi connectivity index (χ0n) is 15.1. The van der Waals surface area contributed by atoms with Crippen LogP contribution in [0, 0.1) is 0 Å². The minimum atomic E-state index is -0.490. The first-order chi connectivity index (χ1) is 12.6. The number of para-hydroxylation sites is 2. The third kappa shape index (κ3) is 3.87. The third-order valence-electron chi connectivity index (χ3n) is 4.58. The van der Waals surface area contributed by atoms with E-state index in [1.54, 1.807) is 4.90 Å². The molecule has 0 saturated carbocycles. The van der Waals surface area contributed by atoms with Crippen LogP contribution in [0.3, 0.4) is 0 Å². The maximum absolute atomic E-state index is 12.6. The number of benzene rings is 2. The van der Waals surface area contributed by atoms with Crippen LogP contribution >= 0.6 is 0 Å². The van der Waals surface area contributed by atoms with Crippen molar-refractivity contribution in [3.8, 4) is 5.75 Å². The van der Waals surface area contributed by atoms with Crippen molar-refractivity contribution in [1.82, 2.24) is 5.32 Å². The minimum Gasteiger partial charge on any atom is -0.478 e. The van der Waals surface area contributed by atoms with E-state index in [0.29, 0.717) is 18.7 Å². The Morgan fingerprint density at radius 2 is 1.85 bits per heavy atom. The minimum absolute atomic E-state index is 0.0697. The predicted octanol–water partition coefficient (Wildman–Crippen LogP) is 3.46. The molecule has 5 nitrogen and oxygen atoms in total. The van der Waals surface area contributed by atoms with Gasteiger partial charge in [-0.05, 0) is 31.0 Å². The Hall–Kier alpha value is -2.82. The third-order valence-corrected chi connectivity index (χ3v) is 4.58. The fourth-order valence-corrected chi connectivity index (χ4v) is 3.12. The second kappa shape index (κ2) is 8.04. The molecule has 5 heteroatoms. The lowest BCUT2D eigenvalue weighted by Gasteiger charge is -2.34. The highest BCUT2D eigenvalue weighted by Crippen LogP contribution is 2.34. The summed E-state index contributed by atoms with van der Waals surface area (Å²) in [6.45, 7) is 4.21. The van der Waals surface area contributed by atoms with Gasteiger partial charge >= 0.3 is 0 Å². The highest BCUT2D eigenvalue weighted by Gasteiger charge is 2.33. The molecule has 1 heterocycles. The monoisotopic (exact) mass is 352 g/mol. The molecule has 26 heavy (non-hydrogen) atoms. The van der Waals surface area contributed by atoms with Crippen molar-refractivity contribution in [1.29, 1.82) is 0 Å². The zero-order chi connectivity index (χ0) is 18.5. The summed E-state index contributed by atoms with van der Waals surface area (Å²) in [7, 11) is 0. The van der Waals surface area contributed by atoms with Crippen LogP contribution in [0.15, 0.2) is 54.6 Å². The van der Waals surface area contributed by atoms with Gasteiger partial charge < -0.3 is 15.0 Å². The molecule has 0 bridgehead atoms. The maximum atomic E-state index is 12.6. The molecule has 1 aliphatic rings. The van der Waals surface area contributed by atoms with Crippen molar-refractivity contribution in [2.45, 2.75) is 38.8 Å². The van der Waals surface area contributed by atoms with Gasteiger partial charge in [-0.3, -0.25) is 9.59 Å². The number of hydrogen-bond donors (Lipinski definition) is 1. The molecule has 0 aromatic heterocycles. The zero-order valence-corrected chi connectivity index (χ0v) is 15.1. The largest absolute Gasteiger partial charge is 0.478 e. The lowest BCUT2D eigenvalue weighted by Crippen LogP contribution is -2.47. The van der Waals surface area contributed by atoms with E-state index in [4.69, 9.17) is 4.74 Å². The van der Waals surface area contributed by atoms with Gasteiger partial charge in [0.25, 0.3) is 5.91 Å². The van der Waals surface area contributed by atoms with Crippen LogP contribution in [0.5, 0.6) is 5.75 Å². The van der Waals surface area contributed by atoms with E-state index in [2.05, 4.69) is 5.32 Å². The summed E-state index contributed by atoms with van der Waals surface area (Å²) < 4.78 is 5.76. The Morgan fingerprint density at radius 3 is 2.58 bits per heavy atom. The molecule has 136 valence electrons. The summed E-state index contributed by atoms with van der Waals surface area (Å²) in [6, 6.07) is 17.2. The molecule has 3 rings (SSSR count). The van der Waals surface area contributed by atoms with E-state index in [1.807, 2.05) is 68.4 Å². The van der Waals surface area contributed by atoms with Crippen LogP contribution in [0.1, 0.15) is 38.3 Å². The van der Waals surface area contributed by atoms with Crippen LogP contribution in [0.2, 0.25) is 0 Å². The van der Waals surface area contributed by atoms with E-state index in [-0.39, 0.29) is 24.3 Å². The number of carbonyl (C=O) groups is 2. The molecule has 0 radical (unpaired) electrons. The Morgan fingerprint density at radius 1 is 1.15 bits per heavy atom. The van der Waals surface area contributed by atoms with Crippen molar-refractivity contribution in [3.63, 3.8) is 0 Å². The molecular weight excluding hydrogens is 328 g/mol. The fraction of sp³-hybridized carbons (Fsp3) is 0.333. The van der Waals surface area contributed by atoms with Crippen molar-refractivity contribution in [3.05, 3.63) is 60.2 Å². The summed E-state index contributed by atoms with van der Waals surface area (Å²) in [6.07, 6.45) is 0.352. The second-order valence-corrected chi connectivity index (χ2v) is 6.42. The van der Waals surface area contributed by atoms with E-state index < -0.39 is 6.10 Å². The van der Waals surface area contributed by atoms with Gasteiger partial charge in [-0.1, -0.05) is 49.4 Å². The lowest BCUT2D eigenvalue weighted by atomic mass is 10.1. The van der Waals surface area contributed by atoms with Gasteiger partial charge in [0.05, 0.1) is 11.7 Å². The summed E-state index contributed by atoms with van der Waals surface area (Å²) in [5.41, 5.74) is 1.78. The first-order valence-corrected chi connectivity index (χ1v) is 9.01. The number of ether oxygens (including phenoxy) is 1. The molecule has 1 N–H and O–H groups in total. The lowest BCUT2D eigenvalue weighted by molar-refractivity contribution is -0.126. The van der Waals surface area contributed by atoms with Gasteiger partial charge in [0.1, 0.15) is 5.75 Å². The Kier molecular flexibility index (Phi) is 5.56. The molecule has 0 fully saturated rings. The standard InChI is InChI=1S/C21H24N2O3/c1-3-18-21(25)23(17-11-7-8-12-19(17)26-18)14-13-20(24)22-15(2)16-9-5-4-6-10-16/h4-12,15,18H,3,13-14H2,1-2H3,(H,22,24). The fourth-order valence-electron chi connectivity index (χ4n) is 3.12. The molecule has 2 aromatic carbocycles. The number of anilines is 1. The average molecular weight is 352 g/mol. The van der Waals surface area contributed by atoms with Crippen molar-refractivity contribution in [2.24, 2.45) is 0 Å². The highest BCUT2D eigenvalue weighted by atomic mass is 16.5. The molecule has 0 saturated heterocycles. The van der Waals surface area contributed by atoms with E-state index in [1.165, 1.54) is 0 Å². The first-order valence-electron chi connectivity index (χ1n) is 9.01. The average Bonchev–Trinajstić information content (AvgIpc) is 2.67. The van der Waals surface area contributed by atoms with Crippen molar-refractivity contribution in [2.75, 3.05) is 11.4 Å². The van der Waals surface area contributed by atoms with Gasteiger partial charge in [-0.2, -0.15) is 0 Å². The summed E-state index contributed by atoms with van der Waals surface area (Å²) in [5.74, 6) is 0.526.